The van der Waals surface area contributed by atoms with Gasteiger partial charge in [-0.2, -0.15) is 0 Å². The van der Waals surface area contributed by atoms with Crippen LogP contribution in [0.2, 0.25) is 0 Å². The van der Waals surface area contributed by atoms with E-state index in [4.69, 9.17) is 0 Å². The molecule has 0 fully saturated rings. The van der Waals surface area contributed by atoms with Crippen molar-refractivity contribution in [2.24, 2.45) is 0 Å². The number of nitrogens with zero attached hydrogens (tertiary/aromatic N) is 1. The molecule has 0 aliphatic carbocycles. The molecule has 1 heterocycles. The molecule has 1 unspecified atom stereocenters. The summed E-state index contributed by atoms with van der Waals surface area (Å²) in [4.78, 5) is 46.6. The third-order valence-electron chi connectivity index (χ3n) is 3.47. The van der Waals surface area contributed by atoms with Crippen molar-refractivity contribution in [2.45, 2.75) is 25.3 Å². The van der Waals surface area contributed by atoms with E-state index in [1.807, 2.05) is 0 Å². The summed E-state index contributed by atoms with van der Waals surface area (Å²) in [6.45, 7) is 1.48. The van der Waals surface area contributed by atoms with Gasteiger partial charge in [0, 0.05) is 25.2 Å². The van der Waals surface area contributed by atoms with Crippen LogP contribution >= 0.6 is 0 Å². The van der Waals surface area contributed by atoms with E-state index in [-0.39, 0.29) is 11.8 Å². The Morgan fingerprint density at radius 1 is 1.08 bits per heavy atom. The number of imide groups is 1. The molecule has 2 N–H and O–H groups in total. The summed E-state index contributed by atoms with van der Waals surface area (Å²) in [5.74, 6) is -1.11. The van der Waals surface area contributed by atoms with Crippen molar-refractivity contribution >= 4 is 23.9 Å². The van der Waals surface area contributed by atoms with Crippen LogP contribution in [0.25, 0.3) is 0 Å². The predicted molar refractivity (Wildman–Crippen MR) is 83.9 cm³/mol. The second-order valence-corrected chi connectivity index (χ2v) is 5.12. The van der Waals surface area contributed by atoms with Crippen LogP contribution in [0.4, 0.5) is 4.79 Å². The van der Waals surface area contributed by atoms with Gasteiger partial charge in [0.2, 0.25) is 0 Å². The number of carbonyl (C=O) groups excluding carboxylic acids is 4. The number of unbranched alkanes of at least 4 members (excludes halogenated alkanes) is 1. The van der Waals surface area contributed by atoms with Gasteiger partial charge in [0.05, 0.1) is 14.2 Å². The van der Waals surface area contributed by atoms with Gasteiger partial charge in [-0.25, -0.2) is 9.59 Å². The van der Waals surface area contributed by atoms with Crippen molar-refractivity contribution < 1.29 is 28.7 Å². The van der Waals surface area contributed by atoms with E-state index >= 15 is 0 Å². The van der Waals surface area contributed by atoms with E-state index in [9.17, 15) is 19.2 Å². The third kappa shape index (κ3) is 6.37. The van der Waals surface area contributed by atoms with Gasteiger partial charge in [0.25, 0.3) is 11.8 Å². The molecule has 134 valence electrons. The average Bonchev–Trinajstić information content (AvgIpc) is 2.90. The molecule has 1 aliphatic rings. The van der Waals surface area contributed by atoms with Gasteiger partial charge < -0.3 is 20.1 Å². The number of hydrogen-bond donors (Lipinski definition) is 2. The first-order valence-electron chi connectivity index (χ1n) is 7.66. The Balaban J connectivity index is 2.15. The van der Waals surface area contributed by atoms with E-state index in [1.165, 1.54) is 31.3 Å². The largest absolute Gasteiger partial charge is 0.467 e. The van der Waals surface area contributed by atoms with E-state index in [2.05, 4.69) is 20.1 Å². The van der Waals surface area contributed by atoms with Gasteiger partial charge in [0.15, 0.2) is 0 Å². The van der Waals surface area contributed by atoms with Crippen LogP contribution in [-0.4, -0.2) is 68.7 Å². The summed E-state index contributed by atoms with van der Waals surface area (Å²) in [6.07, 6.45) is 3.69. The van der Waals surface area contributed by atoms with Crippen molar-refractivity contribution in [1.82, 2.24) is 15.5 Å². The summed E-state index contributed by atoms with van der Waals surface area (Å²) in [5.41, 5.74) is 0. The smallest absolute Gasteiger partial charge is 0.407 e. The number of hydrogen-bond acceptors (Lipinski definition) is 7. The Labute approximate surface area is 140 Å². The van der Waals surface area contributed by atoms with E-state index < -0.39 is 18.1 Å². The van der Waals surface area contributed by atoms with Gasteiger partial charge in [-0.3, -0.25) is 14.5 Å². The molecule has 1 aliphatic heterocycles. The zero-order chi connectivity index (χ0) is 17.9. The molecule has 0 aromatic rings. The maximum atomic E-state index is 11.6. The molecule has 1 rings (SSSR count). The van der Waals surface area contributed by atoms with E-state index in [1.54, 1.807) is 0 Å². The SMILES string of the molecule is COC(=O)NC(CCCCNCCN1C(=O)C=CC1=O)C(=O)OC. The number of amides is 3. The zero-order valence-corrected chi connectivity index (χ0v) is 13.9. The van der Waals surface area contributed by atoms with Crippen LogP contribution in [0.5, 0.6) is 0 Å². The van der Waals surface area contributed by atoms with Crippen LogP contribution in [0.15, 0.2) is 12.2 Å². The molecular weight excluding hydrogens is 318 g/mol. The molecule has 24 heavy (non-hydrogen) atoms. The first kappa shape index (κ1) is 19.6. The molecule has 0 saturated carbocycles. The maximum Gasteiger partial charge on any atom is 0.407 e. The summed E-state index contributed by atoms with van der Waals surface area (Å²) in [5, 5.41) is 5.54. The van der Waals surface area contributed by atoms with Crippen LogP contribution in [0.1, 0.15) is 19.3 Å². The van der Waals surface area contributed by atoms with Crippen LogP contribution in [0.3, 0.4) is 0 Å². The van der Waals surface area contributed by atoms with Crippen molar-refractivity contribution in [2.75, 3.05) is 33.9 Å². The number of rotatable bonds is 10. The minimum absolute atomic E-state index is 0.295. The van der Waals surface area contributed by atoms with Gasteiger partial charge in [-0.05, 0) is 25.8 Å². The Kier molecular flexibility index (Phi) is 8.48. The second kappa shape index (κ2) is 10.4. The standard InChI is InChI=1S/C15H23N3O6/c1-23-14(21)11(17-15(22)24-2)5-3-4-8-16-9-10-18-12(19)6-7-13(18)20/h6-7,11,16H,3-5,8-10H2,1-2H3,(H,17,22). The number of esters is 1. The minimum atomic E-state index is -0.742. The quantitative estimate of drug-likeness (QED) is 0.315. The lowest BCUT2D eigenvalue weighted by molar-refractivity contribution is -0.143. The van der Waals surface area contributed by atoms with E-state index in [0.717, 1.165) is 6.42 Å². The lowest BCUT2D eigenvalue weighted by Gasteiger charge is -2.16. The highest BCUT2D eigenvalue weighted by atomic mass is 16.5. The molecule has 0 spiro atoms. The highest BCUT2D eigenvalue weighted by Crippen LogP contribution is 2.04. The molecule has 0 aromatic heterocycles. The number of alkyl carbamates (subject to hydrolysis) is 1. The lowest BCUT2D eigenvalue weighted by atomic mass is 10.1. The Bertz CT molecular complexity index is 487. The summed E-state index contributed by atoms with van der Waals surface area (Å²) in [7, 11) is 2.48. The first-order chi connectivity index (χ1) is 11.5. The number of ether oxygens (including phenoxy) is 2. The fourth-order valence-corrected chi connectivity index (χ4v) is 2.16. The third-order valence-corrected chi connectivity index (χ3v) is 3.47. The molecule has 3 amide bonds. The average molecular weight is 341 g/mol. The fraction of sp³-hybridized carbons (Fsp3) is 0.600. The topological polar surface area (TPSA) is 114 Å². The van der Waals surface area contributed by atoms with Gasteiger partial charge in [0.1, 0.15) is 6.04 Å². The van der Waals surface area contributed by atoms with Crippen molar-refractivity contribution in [3.63, 3.8) is 0 Å². The predicted octanol–water partition coefficient (Wildman–Crippen LogP) is -0.431. The molecule has 0 bridgehead atoms. The molecule has 0 aromatic carbocycles. The van der Waals surface area contributed by atoms with Crippen molar-refractivity contribution in [1.29, 1.82) is 0 Å². The number of methoxy groups -OCH3 is 2. The fourth-order valence-electron chi connectivity index (χ4n) is 2.16. The lowest BCUT2D eigenvalue weighted by Crippen LogP contribution is -2.41. The summed E-state index contributed by atoms with van der Waals surface area (Å²) >= 11 is 0. The zero-order valence-electron chi connectivity index (χ0n) is 13.9. The van der Waals surface area contributed by atoms with Crippen LogP contribution < -0.4 is 10.6 Å². The monoisotopic (exact) mass is 341 g/mol. The van der Waals surface area contributed by atoms with Crippen LogP contribution in [-0.2, 0) is 23.9 Å². The minimum Gasteiger partial charge on any atom is -0.467 e. The van der Waals surface area contributed by atoms with Crippen molar-refractivity contribution in [3.8, 4) is 0 Å². The highest BCUT2D eigenvalue weighted by molar-refractivity contribution is 6.12. The molecular formula is C15H23N3O6. The number of nitrogens with one attached hydrogen (secondary N) is 2. The number of carbonyl (C=O) groups is 4. The van der Waals surface area contributed by atoms with Crippen molar-refractivity contribution in [3.05, 3.63) is 12.2 Å². The van der Waals surface area contributed by atoms with Gasteiger partial charge >= 0.3 is 12.1 Å². The molecule has 1 atom stereocenters. The first-order valence-corrected chi connectivity index (χ1v) is 7.66. The summed E-state index contributed by atoms with van der Waals surface area (Å²) in [6, 6.07) is -0.742. The molecule has 9 nitrogen and oxygen atoms in total. The molecule has 9 heteroatoms. The van der Waals surface area contributed by atoms with Gasteiger partial charge in [-0.1, -0.05) is 0 Å². The summed E-state index contributed by atoms with van der Waals surface area (Å²) < 4.78 is 9.10. The highest BCUT2D eigenvalue weighted by Gasteiger charge is 2.22. The molecule has 0 radical (unpaired) electrons. The maximum absolute atomic E-state index is 11.6. The van der Waals surface area contributed by atoms with Crippen LogP contribution in [0, 0.1) is 0 Å². The Morgan fingerprint density at radius 3 is 2.33 bits per heavy atom. The molecule has 0 saturated heterocycles. The normalized spacial score (nSPS) is 14.7. The van der Waals surface area contributed by atoms with E-state index in [0.29, 0.717) is 32.5 Å². The second-order valence-electron chi connectivity index (χ2n) is 5.12. The van der Waals surface area contributed by atoms with Gasteiger partial charge in [-0.15, -0.1) is 0 Å². The Hall–Kier alpha value is -2.42. The Morgan fingerprint density at radius 2 is 1.75 bits per heavy atom.